The van der Waals surface area contributed by atoms with Crippen LogP contribution in [0, 0.1) is 13.8 Å². The van der Waals surface area contributed by atoms with E-state index in [1.165, 1.54) is 11.9 Å². The number of aromatic nitrogens is 1. The van der Waals surface area contributed by atoms with E-state index >= 15 is 0 Å². The second-order valence-electron chi connectivity index (χ2n) is 12.4. The number of H-pyrrole nitrogens is 1. The van der Waals surface area contributed by atoms with E-state index in [9.17, 15) is 22.8 Å². The van der Waals surface area contributed by atoms with Crippen molar-refractivity contribution in [2.45, 2.75) is 45.7 Å². The molecule has 12 heteroatoms. The van der Waals surface area contributed by atoms with E-state index in [1.54, 1.807) is 36.6 Å². The topological polar surface area (TPSA) is 143 Å². The summed E-state index contributed by atoms with van der Waals surface area (Å²) in [6.45, 7) is 5.53. The minimum Gasteiger partial charge on any atom is -0.381 e. The van der Waals surface area contributed by atoms with Crippen molar-refractivity contribution in [2.75, 3.05) is 26.0 Å². The first-order valence-corrected chi connectivity index (χ1v) is 18.9. The van der Waals surface area contributed by atoms with Crippen LogP contribution in [-0.4, -0.2) is 78.4 Å². The molecule has 262 valence electrons. The van der Waals surface area contributed by atoms with Gasteiger partial charge in [-0.2, -0.15) is 11.3 Å². The standard InChI is InChI=1S/C38H42N4O6S2/c1-5-48-15-17-50(46,47)42(34(36(39)43)22-31-23-40-33-9-7-6-8-32(31)33)38(45)35(41(4)37(44)30-19-25(2)18-26(3)20-30)21-27-10-12-28(13-11-27)29-14-16-49-24-29/h6-14,16,18-20,23-24,34-35,40H,5,15,17,21-22H2,1-4H3,(H2,39,43)/t34-,35-/m0/s1. The number of carbonyl (C=O) groups excluding carboxylic acids is 3. The lowest BCUT2D eigenvalue weighted by atomic mass is 9.99. The van der Waals surface area contributed by atoms with Gasteiger partial charge in [-0.1, -0.05) is 59.7 Å². The number of rotatable bonds is 15. The van der Waals surface area contributed by atoms with Crippen molar-refractivity contribution in [3.8, 4) is 11.1 Å². The number of nitrogens with one attached hydrogen (secondary N) is 1. The summed E-state index contributed by atoms with van der Waals surface area (Å²) < 4.78 is 34.3. The van der Waals surface area contributed by atoms with Crippen molar-refractivity contribution < 1.29 is 27.5 Å². The number of hydrogen-bond donors (Lipinski definition) is 2. The minimum absolute atomic E-state index is 0.0220. The van der Waals surface area contributed by atoms with Crippen LogP contribution in [0.25, 0.3) is 22.0 Å². The first-order chi connectivity index (χ1) is 23.9. The molecule has 0 fully saturated rings. The predicted molar refractivity (Wildman–Crippen MR) is 197 cm³/mol. The molecule has 0 aliphatic carbocycles. The summed E-state index contributed by atoms with van der Waals surface area (Å²) in [5.41, 5.74) is 12.1. The van der Waals surface area contributed by atoms with Crippen molar-refractivity contribution in [1.29, 1.82) is 0 Å². The number of carbonyl (C=O) groups is 3. The predicted octanol–water partition coefficient (Wildman–Crippen LogP) is 5.49. The number of primary amides is 1. The van der Waals surface area contributed by atoms with Gasteiger partial charge in [-0.3, -0.25) is 14.4 Å². The molecule has 2 atom stereocenters. The molecule has 3 aromatic carbocycles. The molecular weight excluding hydrogens is 673 g/mol. The number of sulfonamides is 1. The fraction of sp³-hybridized carbons (Fsp3) is 0.289. The lowest BCUT2D eigenvalue weighted by Gasteiger charge is -2.35. The van der Waals surface area contributed by atoms with Gasteiger partial charge < -0.3 is 20.4 Å². The van der Waals surface area contributed by atoms with Crippen LogP contribution in [0.4, 0.5) is 0 Å². The fourth-order valence-electron chi connectivity index (χ4n) is 6.16. The highest BCUT2D eigenvalue weighted by atomic mass is 32.2. The molecule has 5 rings (SSSR count). The third-order valence-corrected chi connectivity index (χ3v) is 11.1. The number of fused-ring (bicyclic) bond motifs is 1. The van der Waals surface area contributed by atoms with E-state index in [-0.39, 0.29) is 26.1 Å². The molecule has 0 saturated heterocycles. The van der Waals surface area contributed by atoms with Gasteiger partial charge in [0.25, 0.3) is 11.8 Å². The third kappa shape index (κ3) is 8.32. The Morgan fingerprint density at radius 3 is 2.26 bits per heavy atom. The molecule has 2 heterocycles. The highest BCUT2D eigenvalue weighted by Crippen LogP contribution is 2.27. The number of aryl methyl sites for hydroxylation is 2. The van der Waals surface area contributed by atoms with E-state index in [4.69, 9.17) is 10.5 Å². The number of ether oxygens (including phenoxy) is 1. The van der Waals surface area contributed by atoms with Crippen molar-refractivity contribution in [3.63, 3.8) is 0 Å². The number of amides is 3. The van der Waals surface area contributed by atoms with Gasteiger partial charge in [0.15, 0.2) is 0 Å². The number of nitrogens with two attached hydrogens (primary N) is 1. The van der Waals surface area contributed by atoms with Crippen LogP contribution in [0.3, 0.4) is 0 Å². The lowest BCUT2D eigenvalue weighted by molar-refractivity contribution is -0.137. The first-order valence-electron chi connectivity index (χ1n) is 16.3. The van der Waals surface area contributed by atoms with Crippen LogP contribution >= 0.6 is 11.3 Å². The largest absolute Gasteiger partial charge is 0.381 e. The van der Waals surface area contributed by atoms with Gasteiger partial charge in [0.2, 0.25) is 15.9 Å². The Hall–Kier alpha value is -4.78. The summed E-state index contributed by atoms with van der Waals surface area (Å²) in [5.74, 6) is -2.97. The Labute approximate surface area is 296 Å². The molecule has 0 aliphatic heterocycles. The van der Waals surface area contributed by atoms with Crippen molar-refractivity contribution in [1.82, 2.24) is 14.2 Å². The van der Waals surface area contributed by atoms with Crippen LogP contribution in [-0.2, 0) is 37.2 Å². The second-order valence-corrected chi connectivity index (χ2v) is 15.1. The summed E-state index contributed by atoms with van der Waals surface area (Å²) in [7, 11) is -3.02. The summed E-state index contributed by atoms with van der Waals surface area (Å²) >= 11 is 1.58. The maximum atomic E-state index is 14.9. The van der Waals surface area contributed by atoms with Crippen molar-refractivity contribution in [3.05, 3.63) is 118 Å². The van der Waals surface area contributed by atoms with Gasteiger partial charge >= 0.3 is 0 Å². The smallest absolute Gasteiger partial charge is 0.259 e. The number of para-hydroxylation sites is 1. The summed E-state index contributed by atoms with van der Waals surface area (Å²) in [6, 6.07) is 19.4. The van der Waals surface area contributed by atoms with E-state index in [2.05, 4.69) is 4.98 Å². The highest BCUT2D eigenvalue weighted by molar-refractivity contribution is 7.89. The number of aromatic amines is 1. The molecule has 0 bridgehead atoms. The van der Waals surface area contributed by atoms with Gasteiger partial charge in [0.1, 0.15) is 12.1 Å². The minimum atomic E-state index is -4.49. The molecule has 0 saturated carbocycles. The Bertz CT molecular complexity index is 2050. The molecule has 0 unspecified atom stereocenters. The Kier molecular flexibility index (Phi) is 11.6. The zero-order valence-electron chi connectivity index (χ0n) is 28.6. The van der Waals surface area contributed by atoms with Gasteiger partial charge in [-0.25, -0.2) is 12.7 Å². The maximum Gasteiger partial charge on any atom is 0.259 e. The van der Waals surface area contributed by atoms with E-state index in [0.717, 1.165) is 33.2 Å². The van der Waals surface area contributed by atoms with Gasteiger partial charge in [-0.05, 0) is 78.1 Å². The normalized spacial score (nSPS) is 12.8. The summed E-state index contributed by atoms with van der Waals surface area (Å²) in [4.78, 5) is 46.7. The molecule has 5 aromatic rings. The Morgan fingerprint density at radius 1 is 0.920 bits per heavy atom. The number of hydrogen-bond acceptors (Lipinski definition) is 7. The number of likely N-dealkylation sites (N-methyl/N-ethyl adjacent to an activating group) is 1. The van der Waals surface area contributed by atoms with Crippen molar-refractivity contribution >= 4 is 50.0 Å². The molecule has 3 N–H and O–H groups in total. The average Bonchev–Trinajstić information content (AvgIpc) is 3.77. The Balaban J connectivity index is 1.59. The van der Waals surface area contributed by atoms with Gasteiger partial charge in [0.05, 0.1) is 12.4 Å². The zero-order valence-corrected chi connectivity index (χ0v) is 30.2. The van der Waals surface area contributed by atoms with Crippen LogP contribution < -0.4 is 5.73 Å². The van der Waals surface area contributed by atoms with Crippen LogP contribution in [0.5, 0.6) is 0 Å². The Morgan fingerprint density at radius 2 is 1.62 bits per heavy atom. The molecule has 0 aliphatic rings. The monoisotopic (exact) mass is 714 g/mol. The molecule has 10 nitrogen and oxygen atoms in total. The van der Waals surface area contributed by atoms with E-state index in [1.807, 2.05) is 85.3 Å². The molecular formula is C38H42N4O6S2. The lowest BCUT2D eigenvalue weighted by Crippen LogP contribution is -2.59. The van der Waals surface area contributed by atoms with E-state index < -0.39 is 45.6 Å². The van der Waals surface area contributed by atoms with Gasteiger partial charge in [-0.15, -0.1) is 0 Å². The fourth-order valence-corrected chi connectivity index (χ4v) is 8.32. The second kappa shape index (κ2) is 15.8. The summed E-state index contributed by atoms with van der Waals surface area (Å²) in [5, 5.41) is 4.78. The molecule has 3 amide bonds. The maximum absolute atomic E-state index is 14.9. The van der Waals surface area contributed by atoms with E-state index in [0.29, 0.717) is 21.0 Å². The molecule has 50 heavy (non-hydrogen) atoms. The van der Waals surface area contributed by atoms with Gasteiger partial charge in [0, 0.05) is 49.2 Å². The van der Waals surface area contributed by atoms with Crippen LogP contribution in [0.2, 0.25) is 0 Å². The van der Waals surface area contributed by atoms with Crippen LogP contribution in [0.1, 0.15) is 39.5 Å². The quantitative estimate of drug-likeness (QED) is 0.137. The molecule has 0 spiro atoms. The zero-order chi connectivity index (χ0) is 36.0. The SMILES string of the molecule is CCOCCS(=O)(=O)N(C(=O)[C@H](Cc1ccc(-c2ccsc2)cc1)N(C)C(=O)c1cc(C)cc(C)c1)[C@@H](Cc1c[nH]c2ccccc12)C(N)=O. The number of thiophene rings is 1. The number of benzene rings is 3. The molecule has 0 radical (unpaired) electrons. The molecule has 2 aromatic heterocycles. The number of nitrogens with zero attached hydrogens (tertiary/aromatic N) is 2. The van der Waals surface area contributed by atoms with Crippen LogP contribution in [0.15, 0.2) is 89.8 Å². The highest BCUT2D eigenvalue weighted by Gasteiger charge is 2.43. The van der Waals surface area contributed by atoms with Crippen molar-refractivity contribution in [2.24, 2.45) is 5.73 Å². The average molecular weight is 715 g/mol. The third-order valence-electron chi connectivity index (χ3n) is 8.69. The first kappa shape index (κ1) is 36.5. The summed E-state index contributed by atoms with van der Waals surface area (Å²) in [6.07, 6.45) is 1.49.